The van der Waals surface area contributed by atoms with Gasteiger partial charge >= 0.3 is 0 Å². The maximum absolute atomic E-state index is 13.7. The topological polar surface area (TPSA) is 141 Å². The van der Waals surface area contributed by atoms with E-state index in [0.29, 0.717) is 0 Å². The van der Waals surface area contributed by atoms with Crippen molar-refractivity contribution < 1.29 is 39.5 Å². The van der Waals surface area contributed by atoms with E-state index in [4.69, 9.17) is 4.74 Å². The normalized spacial score (nSPS) is 16.1. The van der Waals surface area contributed by atoms with Crippen molar-refractivity contribution in [2.24, 2.45) is 5.92 Å². The first-order chi connectivity index (χ1) is 17.7. The van der Waals surface area contributed by atoms with Crippen molar-refractivity contribution in [3.8, 4) is 28.7 Å². The van der Waals surface area contributed by atoms with Gasteiger partial charge in [-0.15, -0.1) is 0 Å². The number of ether oxygens (including phenoxy) is 1. The second kappa shape index (κ2) is 8.94. The molecule has 0 aromatic heterocycles. The third-order valence-corrected chi connectivity index (χ3v) is 7.28. The molecule has 4 aromatic rings. The molecule has 0 spiro atoms. The van der Waals surface area contributed by atoms with Gasteiger partial charge in [0.25, 0.3) is 0 Å². The van der Waals surface area contributed by atoms with Crippen molar-refractivity contribution in [1.82, 2.24) is 0 Å². The van der Waals surface area contributed by atoms with Gasteiger partial charge in [-0.3, -0.25) is 14.4 Å². The van der Waals surface area contributed by atoms with E-state index in [1.54, 1.807) is 18.2 Å². The average molecular weight is 563 g/mol. The molecule has 5 rings (SSSR count). The zero-order chi connectivity index (χ0) is 26.6. The summed E-state index contributed by atoms with van der Waals surface area (Å²) in [6.07, 6.45) is 0. The Morgan fingerprint density at radius 3 is 2.00 bits per heavy atom. The monoisotopic (exact) mass is 562 g/mol. The Balaban J connectivity index is 1.87. The summed E-state index contributed by atoms with van der Waals surface area (Å²) >= 11 is 3.22. The lowest BCUT2D eigenvalue weighted by atomic mass is 9.69. The van der Waals surface area contributed by atoms with E-state index in [1.165, 1.54) is 49.6 Å². The lowest BCUT2D eigenvalue weighted by molar-refractivity contribution is -0.117. The van der Waals surface area contributed by atoms with Crippen LogP contribution in [0.5, 0.6) is 28.7 Å². The predicted molar refractivity (Wildman–Crippen MR) is 137 cm³/mol. The van der Waals surface area contributed by atoms with Crippen LogP contribution >= 0.6 is 15.9 Å². The highest BCUT2D eigenvalue weighted by Gasteiger charge is 2.47. The summed E-state index contributed by atoms with van der Waals surface area (Å²) in [4.78, 5) is 40.3. The molecule has 1 aliphatic carbocycles. The molecular weight excluding hydrogens is 544 g/mol. The van der Waals surface area contributed by atoms with Crippen LogP contribution in [0.1, 0.15) is 37.8 Å². The number of hydrogen-bond acceptors (Lipinski definition) is 8. The Kier molecular flexibility index (Phi) is 5.88. The largest absolute Gasteiger partial charge is 0.507 e. The summed E-state index contributed by atoms with van der Waals surface area (Å²) in [5.74, 6) is -7.85. The van der Waals surface area contributed by atoms with Crippen molar-refractivity contribution in [3.63, 3.8) is 0 Å². The fourth-order valence-corrected chi connectivity index (χ4v) is 5.38. The summed E-state index contributed by atoms with van der Waals surface area (Å²) in [5, 5.41) is 43.9. The quantitative estimate of drug-likeness (QED) is 0.120. The summed E-state index contributed by atoms with van der Waals surface area (Å²) in [5.41, 5.74) is -0.182. The third kappa shape index (κ3) is 3.62. The Morgan fingerprint density at radius 2 is 1.35 bits per heavy atom. The lowest BCUT2D eigenvalue weighted by Gasteiger charge is -2.31. The van der Waals surface area contributed by atoms with Gasteiger partial charge in [-0.25, -0.2) is 0 Å². The summed E-state index contributed by atoms with van der Waals surface area (Å²) in [6.45, 7) is 0. The molecule has 0 saturated heterocycles. The molecule has 0 radical (unpaired) electrons. The first-order valence-corrected chi connectivity index (χ1v) is 11.9. The van der Waals surface area contributed by atoms with Gasteiger partial charge in [0.1, 0.15) is 11.7 Å². The van der Waals surface area contributed by atoms with Gasteiger partial charge in [-0.05, 0) is 33.6 Å². The smallest absolute Gasteiger partial charge is 0.230 e. The Bertz CT molecular complexity index is 1640. The highest BCUT2D eigenvalue weighted by Crippen LogP contribution is 2.53. The SMILES string of the molecule is COc1cc(C(c2c(O)c(O)c3ccccc3c2O)C2C(=O)C(=O)c3ccccc3C2=O)cc(Br)c1O. The molecule has 1 aliphatic rings. The van der Waals surface area contributed by atoms with Crippen molar-refractivity contribution in [2.45, 2.75) is 5.92 Å². The number of phenols is 4. The van der Waals surface area contributed by atoms with Crippen LogP contribution in [0.3, 0.4) is 0 Å². The summed E-state index contributed by atoms with van der Waals surface area (Å²) in [7, 11) is 1.30. The van der Waals surface area contributed by atoms with Gasteiger partial charge in [0.15, 0.2) is 28.8 Å². The Morgan fingerprint density at radius 1 is 0.757 bits per heavy atom. The molecule has 8 nitrogen and oxygen atoms in total. The molecule has 2 atom stereocenters. The van der Waals surface area contributed by atoms with E-state index in [1.807, 2.05) is 0 Å². The molecule has 37 heavy (non-hydrogen) atoms. The standard InChI is InChI=1S/C28H19BrO8/c1-37-18-11-12(10-17(29)26(18)34)19(20-22(30)13-6-2-4-8-15(13)24(32)27(20)35)21-23(31)14-7-3-5-9-16(14)25(33)28(21)36/h2-11,19-20,31,33-34,36H,1H3. The fourth-order valence-electron chi connectivity index (χ4n) is 4.92. The second-order valence-electron chi connectivity index (χ2n) is 8.62. The number of hydrogen-bond donors (Lipinski definition) is 4. The van der Waals surface area contributed by atoms with Crippen LogP contribution in [-0.4, -0.2) is 44.9 Å². The molecule has 2 unspecified atom stereocenters. The van der Waals surface area contributed by atoms with E-state index >= 15 is 0 Å². The van der Waals surface area contributed by atoms with E-state index in [2.05, 4.69) is 15.9 Å². The molecule has 0 bridgehead atoms. The molecule has 0 amide bonds. The predicted octanol–water partition coefficient (Wildman–Crippen LogP) is 4.83. The van der Waals surface area contributed by atoms with Gasteiger partial charge in [-0.2, -0.15) is 0 Å². The van der Waals surface area contributed by atoms with Gasteiger partial charge in [0, 0.05) is 33.4 Å². The van der Waals surface area contributed by atoms with Crippen LogP contribution < -0.4 is 4.74 Å². The average Bonchev–Trinajstić information content (AvgIpc) is 2.91. The molecule has 4 aromatic carbocycles. The fraction of sp³-hybridized carbons (Fsp3) is 0.107. The van der Waals surface area contributed by atoms with E-state index in [-0.39, 0.29) is 49.0 Å². The number of benzene rings is 4. The number of phenolic OH excluding ortho intramolecular Hbond substituents is 4. The molecule has 0 fully saturated rings. The van der Waals surface area contributed by atoms with Crippen molar-refractivity contribution >= 4 is 44.1 Å². The highest BCUT2D eigenvalue weighted by atomic mass is 79.9. The van der Waals surface area contributed by atoms with Crippen LogP contribution in [0.4, 0.5) is 0 Å². The maximum Gasteiger partial charge on any atom is 0.230 e. The number of halogens is 1. The third-order valence-electron chi connectivity index (χ3n) is 6.67. The van der Waals surface area contributed by atoms with Crippen molar-refractivity contribution in [1.29, 1.82) is 0 Å². The van der Waals surface area contributed by atoms with Crippen molar-refractivity contribution in [2.75, 3.05) is 7.11 Å². The van der Waals surface area contributed by atoms with Gasteiger partial charge in [-0.1, -0.05) is 48.5 Å². The zero-order valence-electron chi connectivity index (χ0n) is 19.2. The first kappa shape index (κ1) is 24.3. The van der Waals surface area contributed by atoms with Crippen LogP contribution in [0.15, 0.2) is 65.1 Å². The number of rotatable bonds is 4. The number of carbonyl (C=O) groups excluding carboxylic acids is 3. The molecule has 186 valence electrons. The lowest BCUT2D eigenvalue weighted by Crippen LogP contribution is -2.40. The molecule has 0 saturated carbocycles. The number of aromatic hydroxyl groups is 4. The van der Waals surface area contributed by atoms with Gasteiger partial charge < -0.3 is 25.2 Å². The van der Waals surface area contributed by atoms with Crippen LogP contribution in [0, 0.1) is 5.92 Å². The van der Waals surface area contributed by atoms with Crippen LogP contribution in [0.25, 0.3) is 10.8 Å². The minimum absolute atomic E-state index is 0.0240. The van der Waals surface area contributed by atoms with Crippen LogP contribution in [0.2, 0.25) is 0 Å². The van der Waals surface area contributed by atoms with Crippen molar-refractivity contribution in [3.05, 3.63) is 87.4 Å². The number of Topliss-reactive ketones (excluding diaryl/α,β-unsaturated/α-hetero) is 3. The molecule has 0 aliphatic heterocycles. The number of ketones is 3. The van der Waals surface area contributed by atoms with E-state index < -0.39 is 46.4 Å². The minimum Gasteiger partial charge on any atom is -0.507 e. The number of carbonyl (C=O) groups is 3. The molecule has 0 heterocycles. The summed E-state index contributed by atoms with van der Waals surface area (Å²) in [6, 6.07) is 14.8. The second-order valence-corrected chi connectivity index (χ2v) is 9.47. The Hall–Kier alpha value is -4.37. The Labute approximate surface area is 218 Å². The molecule has 4 N–H and O–H groups in total. The zero-order valence-corrected chi connectivity index (χ0v) is 20.8. The first-order valence-electron chi connectivity index (χ1n) is 11.1. The molecule has 9 heteroatoms. The van der Waals surface area contributed by atoms with Gasteiger partial charge in [0.05, 0.1) is 11.6 Å². The minimum atomic E-state index is -1.69. The van der Waals surface area contributed by atoms with E-state index in [9.17, 15) is 34.8 Å². The number of methoxy groups -OCH3 is 1. The van der Waals surface area contributed by atoms with E-state index in [0.717, 1.165) is 0 Å². The van der Waals surface area contributed by atoms with Gasteiger partial charge in [0.2, 0.25) is 11.6 Å². The molecular formula is C28H19BrO8. The van der Waals surface area contributed by atoms with Crippen LogP contribution in [-0.2, 0) is 4.79 Å². The highest BCUT2D eigenvalue weighted by molar-refractivity contribution is 9.10. The summed E-state index contributed by atoms with van der Waals surface area (Å²) < 4.78 is 5.37. The number of fused-ring (bicyclic) bond motifs is 2. The maximum atomic E-state index is 13.7.